The third-order valence-electron chi connectivity index (χ3n) is 2.46. The monoisotopic (exact) mass is 285 g/mol. The van der Waals surface area contributed by atoms with Gasteiger partial charge in [-0.05, 0) is 12.1 Å². The molecule has 4 nitrogen and oxygen atoms in total. The van der Waals surface area contributed by atoms with Gasteiger partial charge >= 0.3 is 0 Å². The Morgan fingerprint density at radius 3 is 2.94 bits per heavy atom. The lowest BCUT2D eigenvalue weighted by Crippen LogP contribution is -2.21. The fraction of sp³-hybridized carbons (Fsp3) is 0.250. The van der Waals surface area contributed by atoms with Crippen LogP contribution in [0.15, 0.2) is 36.9 Å². The molecule has 1 unspecified atom stereocenters. The summed E-state index contributed by atoms with van der Waals surface area (Å²) in [4.78, 5) is 4.00. The van der Waals surface area contributed by atoms with Crippen LogP contribution in [-0.2, 0) is 0 Å². The van der Waals surface area contributed by atoms with Crippen LogP contribution in [0.4, 0.5) is 5.69 Å². The van der Waals surface area contributed by atoms with Crippen molar-refractivity contribution in [2.75, 3.05) is 17.7 Å². The number of anilines is 1. The number of benzene rings is 1. The average Bonchev–Trinajstić information content (AvgIpc) is 2.89. The van der Waals surface area contributed by atoms with Crippen molar-refractivity contribution in [1.29, 1.82) is 0 Å². The molecule has 1 heterocycles. The molecule has 0 saturated carbocycles. The van der Waals surface area contributed by atoms with Gasteiger partial charge in [0.05, 0.1) is 34.7 Å². The van der Waals surface area contributed by atoms with Gasteiger partial charge in [0.15, 0.2) is 0 Å². The number of imidazole rings is 1. The minimum absolute atomic E-state index is 0.188. The first-order chi connectivity index (χ1) is 8.72. The molecule has 0 aliphatic heterocycles. The first kappa shape index (κ1) is 13.2. The zero-order valence-corrected chi connectivity index (χ0v) is 11.1. The summed E-state index contributed by atoms with van der Waals surface area (Å²) in [6.45, 7) is 0.367. The van der Waals surface area contributed by atoms with E-state index in [1.165, 1.54) is 0 Å². The van der Waals surface area contributed by atoms with Crippen LogP contribution in [0.25, 0.3) is 5.69 Å². The maximum atomic E-state index is 9.46. The summed E-state index contributed by atoms with van der Waals surface area (Å²) in [5, 5.41) is 13.2. The van der Waals surface area contributed by atoms with Gasteiger partial charge in [-0.3, -0.25) is 0 Å². The summed E-state index contributed by atoms with van der Waals surface area (Å²) in [7, 11) is 0. The quantitative estimate of drug-likeness (QED) is 0.830. The highest BCUT2D eigenvalue weighted by molar-refractivity contribution is 6.33. The van der Waals surface area contributed by atoms with Gasteiger partial charge < -0.3 is 15.0 Å². The van der Waals surface area contributed by atoms with Crippen molar-refractivity contribution in [3.05, 3.63) is 41.9 Å². The molecule has 1 aromatic carbocycles. The van der Waals surface area contributed by atoms with Gasteiger partial charge in [-0.2, -0.15) is 0 Å². The highest BCUT2D eigenvalue weighted by Crippen LogP contribution is 2.28. The van der Waals surface area contributed by atoms with Gasteiger partial charge in [0, 0.05) is 18.9 Å². The number of aliphatic hydroxyl groups excluding tert-OH is 1. The Bertz CT molecular complexity index is 502. The van der Waals surface area contributed by atoms with E-state index in [-0.39, 0.29) is 5.88 Å². The van der Waals surface area contributed by atoms with Crippen LogP contribution in [-0.4, -0.2) is 33.2 Å². The number of aromatic nitrogens is 2. The molecule has 0 saturated heterocycles. The number of rotatable bonds is 5. The molecule has 0 bridgehead atoms. The molecule has 0 aliphatic carbocycles. The molecule has 18 heavy (non-hydrogen) atoms. The summed E-state index contributed by atoms with van der Waals surface area (Å²) >= 11 is 11.8. The number of nitrogens with one attached hydrogen (secondary N) is 1. The predicted octanol–water partition coefficient (Wildman–Crippen LogP) is 2.54. The van der Waals surface area contributed by atoms with Crippen LogP contribution < -0.4 is 5.32 Å². The number of nitrogens with zero attached hydrogens (tertiary/aromatic N) is 2. The number of hydrogen-bond donors (Lipinski definition) is 2. The molecule has 0 aliphatic rings. The lowest BCUT2D eigenvalue weighted by Gasteiger charge is -2.15. The topological polar surface area (TPSA) is 50.1 Å². The Morgan fingerprint density at radius 1 is 1.44 bits per heavy atom. The van der Waals surface area contributed by atoms with Crippen molar-refractivity contribution in [3.8, 4) is 5.69 Å². The molecule has 2 N–H and O–H groups in total. The number of aliphatic hydroxyl groups is 1. The predicted molar refractivity (Wildman–Crippen MR) is 73.8 cm³/mol. The number of alkyl halides is 1. The summed E-state index contributed by atoms with van der Waals surface area (Å²) in [5.41, 5.74) is 1.63. The van der Waals surface area contributed by atoms with E-state index in [0.717, 1.165) is 11.4 Å². The first-order valence-electron chi connectivity index (χ1n) is 5.47. The number of halogens is 2. The molecule has 2 aromatic rings. The van der Waals surface area contributed by atoms with E-state index in [4.69, 9.17) is 23.2 Å². The Hall–Kier alpha value is -1.23. The van der Waals surface area contributed by atoms with Gasteiger partial charge in [-0.25, -0.2) is 4.98 Å². The smallest absolute Gasteiger partial charge is 0.0992 e. The molecule has 1 aromatic heterocycles. The van der Waals surface area contributed by atoms with Crippen LogP contribution in [0.1, 0.15) is 0 Å². The minimum atomic E-state index is -0.596. The zero-order valence-electron chi connectivity index (χ0n) is 9.55. The largest absolute Gasteiger partial charge is 0.390 e. The van der Waals surface area contributed by atoms with Gasteiger partial charge in [0.1, 0.15) is 0 Å². The van der Waals surface area contributed by atoms with Crippen molar-refractivity contribution in [1.82, 2.24) is 9.55 Å². The molecule has 0 spiro atoms. The van der Waals surface area contributed by atoms with Crippen molar-refractivity contribution >= 4 is 28.9 Å². The minimum Gasteiger partial charge on any atom is -0.390 e. The Balaban J connectivity index is 2.27. The maximum absolute atomic E-state index is 9.46. The molecular weight excluding hydrogens is 273 g/mol. The molecule has 0 fully saturated rings. The summed E-state index contributed by atoms with van der Waals surface area (Å²) in [5.74, 6) is 0.188. The number of hydrogen-bond acceptors (Lipinski definition) is 3. The average molecular weight is 286 g/mol. The SMILES string of the molecule is OC(CCl)CNc1cccc(Cl)c1-n1ccnc1. The maximum Gasteiger partial charge on any atom is 0.0992 e. The van der Waals surface area contributed by atoms with Crippen LogP contribution >= 0.6 is 23.2 Å². The fourth-order valence-corrected chi connectivity index (χ4v) is 1.98. The molecular formula is C12H13Cl2N3O. The Morgan fingerprint density at radius 2 is 2.28 bits per heavy atom. The van der Waals surface area contributed by atoms with Crippen molar-refractivity contribution in [2.24, 2.45) is 0 Å². The highest BCUT2D eigenvalue weighted by Gasteiger charge is 2.10. The lowest BCUT2D eigenvalue weighted by atomic mass is 10.2. The van der Waals surface area contributed by atoms with Gasteiger partial charge in [-0.1, -0.05) is 17.7 Å². The van der Waals surface area contributed by atoms with Gasteiger partial charge in [-0.15, -0.1) is 11.6 Å². The van der Waals surface area contributed by atoms with E-state index in [9.17, 15) is 5.11 Å². The highest BCUT2D eigenvalue weighted by atomic mass is 35.5. The van der Waals surface area contributed by atoms with Gasteiger partial charge in [0.2, 0.25) is 0 Å². The fourth-order valence-electron chi connectivity index (χ4n) is 1.59. The van der Waals surface area contributed by atoms with E-state index in [2.05, 4.69) is 10.3 Å². The summed E-state index contributed by atoms with van der Waals surface area (Å²) < 4.78 is 1.82. The van der Waals surface area contributed by atoms with Crippen molar-refractivity contribution < 1.29 is 5.11 Å². The van der Waals surface area contributed by atoms with Crippen LogP contribution in [0.3, 0.4) is 0 Å². The molecule has 1 atom stereocenters. The summed E-state index contributed by atoms with van der Waals surface area (Å²) in [6.07, 6.45) is 4.57. The van der Waals surface area contributed by atoms with Crippen molar-refractivity contribution in [3.63, 3.8) is 0 Å². The second-order valence-corrected chi connectivity index (χ2v) is 4.51. The zero-order chi connectivity index (χ0) is 13.0. The van der Waals surface area contributed by atoms with Crippen LogP contribution in [0.2, 0.25) is 5.02 Å². The van der Waals surface area contributed by atoms with E-state index in [0.29, 0.717) is 11.6 Å². The van der Waals surface area contributed by atoms with E-state index >= 15 is 0 Å². The van der Waals surface area contributed by atoms with E-state index in [1.54, 1.807) is 18.6 Å². The van der Waals surface area contributed by atoms with Gasteiger partial charge in [0.25, 0.3) is 0 Å². The normalized spacial score (nSPS) is 12.4. The standard InChI is InChI=1S/C12H13Cl2N3O/c13-6-9(18)7-16-11-3-1-2-10(14)12(11)17-5-4-15-8-17/h1-5,8-9,16,18H,6-7H2. The Labute approximate surface area is 115 Å². The number of para-hydroxylation sites is 1. The summed E-state index contributed by atoms with van der Waals surface area (Å²) in [6, 6.07) is 5.54. The van der Waals surface area contributed by atoms with E-state index < -0.39 is 6.10 Å². The van der Waals surface area contributed by atoms with Crippen molar-refractivity contribution in [2.45, 2.75) is 6.10 Å². The second-order valence-electron chi connectivity index (χ2n) is 3.79. The first-order valence-corrected chi connectivity index (χ1v) is 6.38. The lowest BCUT2D eigenvalue weighted by molar-refractivity contribution is 0.211. The van der Waals surface area contributed by atoms with Crippen LogP contribution in [0.5, 0.6) is 0 Å². The molecule has 96 valence electrons. The van der Waals surface area contributed by atoms with E-state index in [1.807, 2.05) is 22.9 Å². The third-order valence-corrected chi connectivity index (χ3v) is 3.12. The molecule has 2 rings (SSSR count). The molecule has 6 heteroatoms. The van der Waals surface area contributed by atoms with Crippen LogP contribution in [0, 0.1) is 0 Å². The molecule has 0 radical (unpaired) electrons. The Kier molecular flexibility index (Phi) is 4.47. The third kappa shape index (κ3) is 2.96. The molecule has 0 amide bonds. The second kappa shape index (κ2) is 6.09.